The number of aromatic nitrogens is 2. The predicted octanol–water partition coefficient (Wildman–Crippen LogP) is 12.2. The number of rotatable bonds is 3. The molecule has 0 radical (unpaired) electrons. The van der Waals surface area contributed by atoms with E-state index in [1.165, 1.54) is 75.0 Å². The number of hydrogen-bond donors (Lipinski definition) is 0. The molecule has 2 nitrogen and oxygen atoms in total. The lowest BCUT2D eigenvalue weighted by molar-refractivity contribution is 1.18. The number of benzene rings is 7. The molecule has 0 atom stereocenters. The van der Waals surface area contributed by atoms with Crippen LogP contribution in [-0.4, -0.2) is 9.55 Å². The van der Waals surface area contributed by atoms with Crippen LogP contribution in [0.4, 0.5) is 0 Å². The van der Waals surface area contributed by atoms with Gasteiger partial charge in [-0.2, -0.15) is 0 Å². The van der Waals surface area contributed by atoms with Crippen LogP contribution in [-0.2, 0) is 0 Å². The van der Waals surface area contributed by atoms with Crippen LogP contribution in [0.1, 0.15) is 0 Å². The quantitative estimate of drug-likeness (QED) is 0.184. The van der Waals surface area contributed by atoms with E-state index >= 15 is 0 Å². The lowest BCUT2D eigenvalue weighted by Gasteiger charge is -2.10. The molecule has 0 aliphatic carbocycles. The Morgan fingerprint density at radius 1 is 0.391 bits per heavy atom. The first-order chi connectivity index (χ1) is 22.8. The van der Waals surface area contributed by atoms with E-state index < -0.39 is 0 Å². The number of fused-ring (bicyclic) bond motifs is 9. The van der Waals surface area contributed by atoms with Crippen molar-refractivity contribution in [2.45, 2.75) is 0 Å². The highest BCUT2D eigenvalue weighted by Crippen LogP contribution is 2.41. The van der Waals surface area contributed by atoms with Gasteiger partial charge in [-0.05, 0) is 77.2 Å². The van der Waals surface area contributed by atoms with Crippen molar-refractivity contribution in [3.63, 3.8) is 0 Å². The molecular weight excluding hydrogens is 577 g/mol. The third-order valence-corrected chi connectivity index (χ3v) is 10.5. The second kappa shape index (κ2) is 9.87. The molecule has 214 valence electrons. The molecule has 0 saturated heterocycles. The number of hydrogen-bond acceptors (Lipinski definition) is 2. The van der Waals surface area contributed by atoms with Crippen molar-refractivity contribution in [1.29, 1.82) is 0 Å². The van der Waals surface area contributed by atoms with Crippen LogP contribution >= 0.6 is 11.3 Å². The molecule has 0 saturated carbocycles. The van der Waals surface area contributed by atoms with E-state index in [1.807, 2.05) is 11.3 Å². The number of pyridine rings is 1. The molecule has 0 fully saturated rings. The number of thiophene rings is 1. The van der Waals surface area contributed by atoms with E-state index in [4.69, 9.17) is 4.98 Å². The molecule has 0 spiro atoms. The first-order valence-electron chi connectivity index (χ1n) is 15.6. The largest absolute Gasteiger partial charge is 0.309 e. The summed E-state index contributed by atoms with van der Waals surface area (Å²) in [6, 6.07) is 57.2. The number of nitrogens with zero attached hydrogens (tertiary/aromatic N) is 2. The summed E-state index contributed by atoms with van der Waals surface area (Å²) in [5, 5.41) is 8.72. The molecule has 0 aliphatic heterocycles. The van der Waals surface area contributed by atoms with E-state index in [0.29, 0.717) is 0 Å². The average molecular weight is 603 g/mol. The van der Waals surface area contributed by atoms with Gasteiger partial charge in [0.2, 0.25) is 0 Å². The Hall–Kier alpha value is -5.77. The minimum atomic E-state index is 1.03. The Balaban J connectivity index is 1.15. The summed E-state index contributed by atoms with van der Waals surface area (Å²) < 4.78 is 4.96. The summed E-state index contributed by atoms with van der Waals surface area (Å²) in [5.41, 5.74) is 9.28. The molecule has 10 rings (SSSR count). The predicted molar refractivity (Wildman–Crippen MR) is 197 cm³/mol. The Kier molecular flexibility index (Phi) is 5.48. The first kappa shape index (κ1) is 25.5. The van der Waals surface area contributed by atoms with Gasteiger partial charge in [0.05, 0.1) is 22.2 Å². The standard InChI is InChI=1S/C43H26N2S/c1-2-10-30(11-3-1)45-39-17-9-7-14-33(39)35-24-27(18-21-40(35)45)28-19-22-41-36(25-28)37-26-29(20-23-42(37)46-41)43-34-15-5-4-12-31(34)32-13-6-8-16-38(32)44-43/h1-26H. The monoisotopic (exact) mass is 602 g/mol. The van der Waals surface area contributed by atoms with E-state index in [1.54, 1.807) is 0 Å². The van der Waals surface area contributed by atoms with Crippen LogP contribution in [0.15, 0.2) is 158 Å². The molecule has 3 aromatic heterocycles. The van der Waals surface area contributed by atoms with Gasteiger partial charge in [0.1, 0.15) is 0 Å². The van der Waals surface area contributed by atoms with Crippen molar-refractivity contribution in [2.75, 3.05) is 0 Å². The third-order valence-electron chi connectivity index (χ3n) is 9.37. The molecule has 0 aliphatic rings. The lowest BCUT2D eigenvalue weighted by atomic mass is 9.98. The molecule has 3 heteroatoms. The van der Waals surface area contributed by atoms with Gasteiger partial charge in [0, 0.05) is 53.0 Å². The molecular formula is C43H26N2S. The van der Waals surface area contributed by atoms with Crippen LogP contribution < -0.4 is 0 Å². The van der Waals surface area contributed by atoms with Gasteiger partial charge in [-0.3, -0.25) is 0 Å². The molecule has 0 bridgehead atoms. The van der Waals surface area contributed by atoms with Crippen molar-refractivity contribution in [1.82, 2.24) is 9.55 Å². The Morgan fingerprint density at radius 3 is 1.76 bits per heavy atom. The lowest BCUT2D eigenvalue weighted by Crippen LogP contribution is -1.92. The Bertz CT molecular complexity index is 2800. The minimum Gasteiger partial charge on any atom is -0.309 e. The minimum absolute atomic E-state index is 1.03. The summed E-state index contributed by atoms with van der Waals surface area (Å²) in [6.07, 6.45) is 0. The zero-order valence-electron chi connectivity index (χ0n) is 24.8. The maximum atomic E-state index is 5.19. The maximum absolute atomic E-state index is 5.19. The second-order valence-electron chi connectivity index (χ2n) is 12.0. The van der Waals surface area contributed by atoms with E-state index in [-0.39, 0.29) is 0 Å². The highest BCUT2D eigenvalue weighted by atomic mass is 32.1. The smallest absolute Gasteiger partial charge is 0.0788 e. The number of para-hydroxylation sites is 3. The molecule has 0 amide bonds. The van der Waals surface area contributed by atoms with Crippen LogP contribution in [0.2, 0.25) is 0 Å². The average Bonchev–Trinajstić information content (AvgIpc) is 3.66. The van der Waals surface area contributed by atoms with Crippen LogP contribution in [0.3, 0.4) is 0 Å². The third kappa shape index (κ3) is 3.79. The Morgan fingerprint density at radius 2 is 0.957 bits per heavy atom. The van der Waals surface area contributed by atoms with Crippen LogP contribution in [0, 0.1) is 0 Å². The van der Waals surface area contributed by atoms with Gasteiger partial charge in [-0.15, -0.1) is 11.3 Å². The molecule has 10 aromatic rings. The normalized spacial score (nSPS) is 11.9. The fourth-order valence-electron chi connectivity index (χ4n) is 7.24. The van der Waals surface area contributed by atoms with Gasteiger partial charge in [0.25, 0.3) is 0 Å². The summed E-state index contributed by atoms with van der Waals surface area (Å²) in [7, 11) is 0. The molecule has 3 heterocycles. The van der Waals surface area contributed by atoms with Crippen molar-refractivity contribution in [3.8, 4) is 28.1 Å². The summed E-state index contributed by atoms with van der Waals surface area (Å²) in [5.74, 6) is 0. The van der Waals surface area contributed by atoms with Crippen molar-refractivity contribution in [2.24, 2.45) is 0 Å². The van der Waals surface area contributed by atoms with Crippen molar-refractivity contribution >= 4 is 75.0 Å². The zero-order chi connectivity index (χ0) is 30.2. The van der Waals surface area contributed by atoms with Crippen molar-refractivity contribution in [3.05, 3.63) is 158 Å². The summed E-state index contributed by atoms with van der Waals surface area (Å²) in [4.78, 5) is 5.19. The second-order valence-corrected chi connectivity index (χ2v) is 13.1. The van der Waals surface area contributed by atoms with Gasteiger partial charge < -0.3 is 4.57 Å². The highest BCUT2D eigenvalue weighted by Gasteiger charge is 2.15. The van der Waals surface area contributed by atoms with Gasteiger partial charge >= 0.3 is 0 Å². The molecule has 46 heavy (non-hydrogen) atoms. The van der Waals surface area contributed by atoms with Gasteiger partial charge in [-0.1, -0.05) is 97.1 Å². The van der Waals surface area contributed by atoms with Crippen LogP contribution in [0.25, 0.3) is 91.7 Å². The van der Waals surface area contributed by atoms with Crippen LogP contribution in [0.5, 0.6) is 0 Å². The van der Waals surface area contributed by atoms with Crippen molar-refractivity contribution < 1.29 is 0 Å². The topological polar surface area (TPSA) is 17.8 Å². The molecule has 0 unspecified atom stereocenters. The van der Waals surface area contributed by atoms with E-state index in [0.717, 1.165) is 16.8 Å². The summed E-state index contributed by atoms with van der Waals surface area (Å²) in [6.45, 7) is 0. The highest BCUT2D eigenvalue weighted by molar-refractivity contribution is 7.25. The van der Waals surface area contributed by atoms with E-state index in [2.05, 4.69) is 162 Å². The fourth-order valence-corrected chi connectivity index (χ4v) is 8.30. The van der Waals surface area contributed by atoms with Gasteiger partial charge in [0.15, 0.2) is 0 Å². The first-order valence-corrected chi connectivity index (χ1v) is 16.4. The maximum Gasteiger partial charge on any atom is 0.0788 e. The SMILES string of the molecule is c1ccc(-n2c3ccccc3c3cc(-c4ccc5sc6ccc(-c7nc8ccccc8c8ccccc78)cc6c5c4)ccc32)cc1. The molecule has 7 aromatic carbocycles. The molecule has 0 N–H and O–H groups in total. The fraction of sp³-hybridized carbons (Fsp3) is 0. The van der Waals surface area contributed by atoms with Gasteiger partial charge in [-0.25, -0.2) is 4.98 Å². The van der Waals surface area contributed by atoms with E-state index in [9.17, 15) is 0 Å². The zero-order valence-corrected chi connectivity index (χ0v) is 25.6. The summed E-state index contributed by atoms with van der Waals surface area (Å²) >= 11 is 1.86. The Labute approximate surface area is 269 Å².